The number of benzene rings is 1. The summed E-state index contributed by atoms with van der Waals surface area (Å²) in [4.78, 5) is 28.9. The highest BCUT2D eigenvalue weighted by Gasteiger charge is 2.32. The molecule has 1 aliphatic heterocycles. The van der Waals surface area contributed by atoms with Gasteiger partial charge in [-0.1, -0.05) is 7.43 Å². The number of nitrogens with one attached hydrogen (secondary N) is 1. The van der Waals surface area contributed by atoms with Crippen LogP contribution in [-0.2, 0) is 20.9 Å². The molecule has 3 heterocycles. The van der Waals surface area contributed by atoms with E-state index in [1.807, 2.05) is 0 Å². The van der Waals surface area contributed by atoms with Crippen molar-refractivity contribution in [2.45, 2.75) is 27.1 Å². The van der Waals surface area contributed by atoms with E-state index in [-0.39, 0.29) is 39.6 Å². The second kappa shape index (κ2) is 10.4. The molecule has 0 aliphatic carbocycles. The summed E-state index contributed by atoms with van der Waals surface area (Å²) >= 11 is 0. The molecule has 33 heavy (non-hydrogen) atoms. The van der Waals surface area contributed by atoms with Gasteiger partial charge in [0, 0.05) is 18.7 Å². The van der Waals surface area contributed by atoms with Crippen molar-refractivity contribution in [2.24, 2.45) is 0 Å². The van der Waals surface area contributed by atoms with Crippen LogP contribution in [0.2, 0.25) is 0 Å². The van der Waals surface area contributed by atoms with E-state index in [4.69, 9.17) is 9.47 Å². The van der Waals surface area contributed by atoms with E-state index in [0.717, 1.165) is 5.69 Å². The lowest BCUT2D eigenvalue weighted by Gasteiger charge is -2.14. The predicted molar refractivity (Wildman–Crippen MR) is 119 cm³/mol. The topological polar surface area (TPSA) is 85.2 Å². The van der Waals surface area contributed by atoms with Crippen molar-refractivity contribution in [1.29, 1.82) is 0 Å². The van der Waals surface area contributed by atoms with Crippen LogP contribution in [0.5, 0.6) is 0 Å². The van der Waals surface area contributed by atoms with E-state index in [1.54, 1.807) is 41.1 Å². The molecule has 1 aliphatic rings. The number of anilines is 1. The average molecular weight is 460 g/mol. The number of halogens is 2. The molecule has 0 radical (unpaired) electrons. The van der Waals surface area contributed by atoms with Gasteiger partial charge in [-0.15, -0.1) is 0 Å². The third kappa shape index (κ3) is 5.28. The molecule has 0 spiro atoms. The SMILES string of the molecule is C.CC(=O)NC[C@H]1CN(c2ccc(-c3ccn4c(COCCF)cnc4c3)c(F)c2)C(=O)O1. The van der Waals surface area contributed by atoms with Gasteiger partial charge < -0.3 is 19.2 Å². The Balaban J connectivity index is 0.00000306. The van der Waals surface area contributed by atoms with Gasteiger partial charge >= 0.3 is 6.09 Å². The number of fused-ring (bicyclic) bond motifs is 1. The first-order chi connectivity index (χ1) is 15.5. The number of pyridine rings is 1. The van der Waals surface area contributed by atoms with Gasteiger partial charge in [0.25, 0.3) is 0 Å². The number of imidazole rings is 1. The third-order valence-corrected chi connectivity index (χ3v) is 5.09. The number of carbonyl (C=O) groups excluding carboxylic acids is 2. The lowest BCUT2D eigenvalue weighted by atomic mass is 10.1. The van der Waals surface area contributed by atoms with E-state index < -0.39 is 24.7 Å². The van der Waals surface area contributed by atoms with Crippen LogP contribution in [0.15, 0.2) is 42.7 Å². The van der Waals surface area contributed by atoms with Gasteiger partial charge in [-0.25, -0.2) is 18.6 Å². The van der Waals surface area contributed by atoms with Crippen LogP contribution in [-0.4, -0.2) is 53.9 Å². The van der Waals surface area contributed by atoms with Crippen molar-refractivity contribution in [2.75, 3.05) is 31.3 Å². The maximum absolute atomic E-state index is 15.0. The maximum Gasteiger partial charge on any atom is 0.414 e. The van der Waals surface area contributed by atoms with Gasteiger partial charge in [0.15, 0.2) is 0 Å². The normalized spacial score (nSPS) is 15.4. The Bertz CT molecular complexity index is 1150. The summed E-state index contributed by atoms with van der Waals surface area (Å²) in [6, 6.07) is 8.01. The van der Waals surface area contributed by atoms with Gasteiger partial charge in [0.1, 0.15) is 24.2 Å². The van der Waals surface area contributed by atoms with Crippen LogP contribution < -0.4 is 10.2 Å². The van der Waals surface area contributed by atoms with Gasteiger partial charge in [-0.2, -0.15) is 0 Å². The largest absolute Gasteiger partial charge is 0.442 e. The Morgan fingerprint density at radius 1 is 1.33 bits per heavy atom. The van der Waals surface area contributed by atoms with Crippen LogP contribution in [0.25, 0.3) is 16.8 Å². The minimum absolute atomic E-state index is 0. The summed E-state index contributed by atoms with van der Waals surface area (Å²) in [6.07, 6.45) is 2.30. The summed E-state index contributed by atoms with van der Waals surface area (Å²) in [6.45, 7) is 1.48. The second-order valence-corrected chi connectivity index (χ2v) is 7.35. The standard InChI is InChI=1S/C22H22F2N4O4.CH4/c1-14(29)25-11-18-12-28(22(30)32-18)16-2-3-19(20(24)9-16)15-4-6-27-17(13-31-7-5-23)10-26-21(27)8-15;/h2-4,6,8-10,18H,5,7,11-13H2,1H3,(H,25,29);1H4/t18-;/m0./s1. The fourth-order valence-electron chi connectivity index (χ4n) is 3.54. The molecular weight excluding hydrogens is 434 g/mol. The second-order valence-electron chi connectivity index (χ2n) is 7.35. The number of ether oxygens (including phenoxy) is 2. The summed E-state index contributed by atoms with van der Waals surface area (Å²) in [5, 5.41) is 2.60. The zero-order valence-corrected chi connectivity index (χ0v) is 17.4. The van der Waals surface area contributed by atoms with Crippen molar-refractivity contribution in [3.05, 3.63) is 54.2 Å². The first-order valence-corrected chi connectivity index (χ1v) is 10.1. The highest BCUT2D eigenvalue weighted by atomic mass is 19.1. The smallest absolute Gasteiger partial charge is 0.414 e. The van der Waals surface area contributed by atoms with Gasteiger partial charge in [0.2, 0.25) is 5.91 Å². The highest BCUT2D eigenvalue weighted by Crippen LogP contribution is 2.29. The number of hydrogen-bond acceptors (Lipinski definition) is 5. The zero-order valence-electron chi connectivity index (χ0n) is 17.4. The predicted octanol–water partition coefficient (Wildman–Crippen LogP) is 3.72. The Kier molecular flexibility index (Phi) is 7.59. The molecule has 8 nitrogen and oxygen atoms in total. The van der Waals surface area contributed by atoms with Gasteiger partial charge in [0.05, 0.1) is 43.9 Å². The molecule has 1 aromatic carbocycles. The minimum atomic E-state index is -0.589. The van der Waals surface area contributed by atoms with E-state index in [2.05, 4.69) is 10.3 Å². The lowest BCUT2D eigenvalue weighted by Crippen LogP contribution is -2.33. The fourth-order valence-corrected chi connectivity index (χ4v) is 3.54. The van der Waals surface area contributed by atoms with Crippen LogP contribution in [0, 0.1) is 5.82 Å². The number of rotatable bonds is 8. The fraction of sp³-hybridized carbons (Fsp3) is 0.348. The number of alkyl halides is 1. The van der Waals surface area contributed by atoms with Gasteiger partial charge in [-0.3, -0.25) is 9.69 Å². The summed E-state index contributed by atoms with van der Waals surface area (Å²) in [5.41, 5.74) is 2.72. The third-order valence-electron chi connectivity index (χ3n) is 5.09. The Labute approximate surface area is 190 Å². The molecule has 1 fully saturated rings. The molecule has 0 unspecified atom stereocenters. The van der Waals surface area contributed by atoms with Crippen LogP contribution in [0.1, 0.15) is 20.0 Å². The average Bonchev–Trinajstić information content (AvgIpc) is 3.35. The molecule has 2 aromatic heterocycles. The Morgan fingerprint density at radius 3 is 2.88 bits per heavy atom. The Morgan fingerprint density at radius 2 is 2.15 bits per heavy atom. The first kappa shape index (κ1) is 24.1. The molecule has 1 N–H and O–H groups in total. The molecule has 2 amide bonds. The van der Waals surface area contributed by atoms with Crippen molar-refractivity contribution in [1.82, 2.24) is 14.7 Å². The van der Waals surface area contributed by atoms with Crippen molar-refractivity contribution >= 4 is 23.3 Å². The summed E-state index contributed by atoms with van der Waals surface area (Å²) in [7, 11) is 0. The molecular formula is C23H26F2N4O4. The molecule has 4 rings (SSSR count). The van der Waals surface area contributed by atoms with Gasteiger partial charge in [-0.05, 0) is 35.9 Å². The molecule has 10 heteroatoms. The quantitative estimate of drug-likeness (QED) is 0.518. The first-order valence-electron chi connectivity index (χ1n) is 10.1. The molecule has 1 saturated heterocycles. The number of hydrogen-bond donors (Lipinski definition) is 1. The van der Waals surface area contributed by atoms with Crippen molar-refractivity contribution in [3.8, 4) is 11.1 Å². The zero-order chi connectivity index (χ0) is 22.7. The van der Waals surface area contributed by atoms with E-state index in [1.165, 1.54) is 17.9 Å². The number of amides is 2. The molecule has 176 valence electrons. The number of cyclic esters (lactones) is 1. The van der Waals surface area contributed by atoms with E-state index in [0.29, 0.717) is 22.5 Å². The molecule has 3 aromatic rings. The molecule has 0 bridgehead atoms. The monoisotopic (exact) mass is 460 g/mol. The maximum atomic E-state index is 15.0. The number of carbonyl (C=O) groups is 2. The van der Waals surface area contributed by atoms with Crippen LogP contribution in [0.4, 0.5) is 19.3 Å². The highest BCUT2D eigenvalue weighted by molar-refractivity contribution is 5.90. The summed E-state index contributed by atoms with van der Waals surface area (Å²) < 4.78 is 39.4. The van der Waals surface area contributed by atoms with Crippen LogP contribution in [0.3, 0.4) is 0 Å². The minimum Gasteiger partial charge on any atom is -0.442 e. The lowest BCUT2D eigenvalue weighted by molar-refractivity contribution is -0.119. The van der Waals surface area contributed by atoms with Crippen LogP contribution >= 0.6 is 0 Å². The molecule has 0 saturated carbocycles. The Hall–Kier alpha value is -3.53. The van der Waals surface area contributed by atoms with Crippen molar-refractivity contribution in [3.63, 3.8) is 0 Å². The van der Waals surface area contributed by atoms with E-state index >= 15 is 0 Å². The van der Waals surface area contributed by atoms with Crippen molar-refractivity contribution < 1.29 is 27.8 Å². The number of nitrogens with zero attached hydrogens (tertiary/aromatic N) is 3. The summed E-state index contributed by atoms with van der Waals surface area (Å²) in [5.74, 6) is -0.716. The molecule has 1 atom stereocenters. The number of aromatic nitrogens is 2. The van der Waals surface area contributed by atoms with E-state index in [9.17, 15) is 18.4 Å².